The quantitative estimate of drug-likeness (QED) is 0.447. The molecule has 1 aromatic carbocycles. The van der Waals surface area contributed by atoms with Gasteiger partial charge in [0.05, 0.1) is 23.2 Å². The maximum Gasteiger partial charge on any atom is 0.235 e. The van der Waals surface area contributed by atoms with Crippen LogP contribution < -0.4 is 10.0 Å². The number of hydrogen-bond donors (Lipinski definition) is 3. The van der Waals surface area contributed by atoms with Gasteiger partial charge in [0.2, 0.25) is 10.0 Å². The van der Waals surface area contributed by atoms with Gasteiger partial charge >= 0.3 is 0 Å². The van der Waals surface area contributed by atoms with E-state index in [4.69, 9.17) is 5.53 Å². The van der Waals surface area contributed by atoms with E-state index in [1.165, 1.54) is 6.07 Å². The highest BCUT2D eigenvalue weighted by Crippen LogP contribution is 2.30. The van der Waals surface area contributed by atoms with Crippen molar-refractivity contribution in [1.82, 2.24) is 15.2 Å². The Labute approximate surface area is 194 Å². The van der Waals surface area contributed by atoms with E-state index < -0.39 is 15.3 Å². The first-order valence-corrected chi connectivity index (χ1v) is 12.6. The highest BCUT2D eigenvalue weighted by Gasteiger charge is 2.22. The van der Waals surface area contributed by atoms with Crippen LogP contribution in [-0.2, 0) is 16.6 Å². The number of rotatable bonds is 10. The average molecular weight is 475 g/mol. The van der Waals surface area contributed by atoms with E-state index in [-0.39, 0.29) is 12.4 Å². The molecule has 2 aromatic rings. The summed E-state index contributed by atoms with van der Waals surface area (Å²) in [5.41, 5.74) is 10.0. The molecule has 3 rings (SSSR count). The van der Waals surface area contributed by atoms with Crippen LogP contribution in [0.2, 0.25) is 0 Å². The molecule has 0 bridgehead atoms. The van der Waals surface area contributed by atoms with Crippen molar-refractivity contribution >= 4 is 15.7 Å². The lowest BCUT2D eigenvalue weighted by Gasteiger charge is -2.32. The Balaban J connectivity index is 1.52. The Hall–Kier alpha value is -2.85. The van der Waals surface area contributed by atoms with Crippen LogP contribution >= 0.6 is 0 Å². The van der Waals surface area contributed by atoms with Crippen LogP contribution in [-0.4, -0.2) is 43.2 Å². The molecule has 1 aliphatic heterocycles. The molecule has 0 radical (unpaired) electrons. The zero-order valence-corrected chi connectivity index (χ0v) is 19.8. The fourth-order valence-electron chi connectivity index (χ4n) is 3.72. The summed E-state index contributed by atoms with van der Waals surface area (Å²) < 4.78 is 40.6. The van der Waals surface area contributed by atoms with Crippen LogP contribution in [0.4, 0.5) is 10.1 Å². The second kappa shape index (κ2) is 11.3. The summed E-state index contributed by atoms with van der Waals surface area (Å²) in [5.74, 6) is -0.0266. The second-order valence-electron chi connectivity index (χ2n) is 8.43. The first-order valence-electron chi connectivity index (χ1n) is 11.0. The van der Waals surface area contributed by atoms with Gasteiger partial charge in [-0.3, -0.25) is 14.6 Å². The number of piperidine rings is 1. The highest BCUT2D eigenvalue weighted by atomic mass is 32.2. The van der Waals surface area contributed by atoms with Crippen LogP contribution in [0.15, 0.2) is 59.6 Å². The number of pyridine rings is 1. The van der Waals surface area contributed by atoms with Gasteiger partial charge in [-0.05, 0) is 75.5 Å². The molecule has 1 aromatic heterocycles. The Kier molecular flexibility index (Phi) is 8.51. The monoisotopic (exact) mass is 474 g/mol. The average Bonchev–Trinajstić information content (AvgIpc) is 2.80. The fraction of sp³-hybridized carbons (Fsp3) is 0.435. The lowest BCUT2D eigenvalue weighted by Crippen LogP contribution is -2.34. The minimum absolute atomic E-state index is 0.227. The minimum atomic E-state index is -3.38. The third kappa shape index (κ3) is 7.06. The van der Waals surface area contributed by atoms with Gasteiger partial charge in [-0.1, -0.05) is 12.1 Å². The number of anilines is 1. The van der Waals surface area contributed by atoms with Crippen LogP contribution in [0.5, 0.6) is 0 Å². The Bertz CT molecular complexity index is 1080. The van der Waals surface area contributed by atoms with Crippen LogP contribution in [0.25, 0.3) is 0 Å². The molecule has 0 aliphatic carbocycles. The van der Waals surface area contributed by atoms with Gasteiger partial charge in [0.1, 0.15) is 5.82 Å². The molecule has 0 saturated carbocycles. The molecule has 0 amide bonds. The van der Waals surface area contributed by atoms with Crippen LogP contribution in [0.3, 0.4) is 0 Å². The number of nitrogens with one attached hydrogen (secondary N) is 3. The lowest BCUT2D eigenvalue weighted by atomic mass is 9.89. The predicted molar refractivity (Wildman–Crippen MR) is 127 cm³/mol. The highest BCUT2D eigenvalue weighted by molar-refractivity contribution is 7.93. The van der Waals surface area contributed by atoms with Crippen molar-refractivity contribution in [1.29, 1.82) is 5.53 Å². The number of hydrogen-bond acceptors (Lipinski definition) is 7. The molecular weight excluding hydrogens is 443 g/mol. The van der Waals surface area contributed by atoms with E-state index in [9.17, 15) is 12.8 Å². The summed E-state index contributed by atoms with van der Waals surface area (Å²) in [6.07, 6.45) is 5.03. The third-order valence-corrected chi connectivity index (χ3v) is 7.49. The molecule has 0 atom stereocenters. The first-order chi connectivity index (χ1) is 15.8. The number of benzene rings is 1. The van der Waals surface area contributed by atoms with Gasteiger partial charge in [0.15, 0.2) is 0 Å². The smallest absolute Gasteiger partial charge is 0.235 e. The molecule has 1 saturated heterocycles. The van der Waals surface area contributed by atoms with Crippen molar-refractivity contribution < 1.29 is 12.8 Å². The molecule has 1 aliphatic rings. The fourth-order valence-corrected chi connectivity index (χ4v) is 4.41. The van der Waals surface area contributed by atoms with Crippen molar-refractivity contribution in [3.8, 4) is 0 Å². The van der Waals surface area contributed by atoms with E-state index in [0.717, 1.165) is 31.5 Å². The Morgan fingerprint density at radius 2 is 2.06 bits per heavy atom. The molecule has 3 N–H and O–H groups in total. The first kappa shape index (κ1) is 24.8. The zero-order valence-electron chi connectivity index (χ0n) is 19.0. The standard InChI is InChI=1S/C23H31FN6O2S/c1-17(2)33(31,32)29-20-6-3-5-19(13-20)18-8-11-30(12-9-18)16-21(28-25)14-26-15-23-22(24)7-4-10-27-23/h3-7,10,13-14,17-18,25-26,29H,8-9,11-12,15-16H2,1-2H3/b21-14-,28-25?. The summed E-state index contributed by atoms with van der Waals surface area (Å²) in [7, 11) is -3.38. The SMILES string of the molecule is CC(C)S(=O)(=O)Nc1cccc(C2CCN(C/C(=C/NCc3ncccc3F)N=N)CC2)c1. The number of likely N-dealkylation sites (tertiary alicyclic amines) is 1. The minimum Gasteiger partial charge on any atom is -0.384 e. The summed E-state index contributed by atoms with van der Waals surface area (Å²) in [6.45, 7) is 5.75. The zero-order chi connectivity index (χ0) is 23.8. The summed E-state index contributed by atoms with van der Waals surface area (Å²) in [4.78, 5) is 6.23. The molecule has 1 fully saturated rings. The van der Waals surface area contributed by atoms with E-state index >= 15 is 0 Å². The Morgan fingerprint density at radius 3 is 2.73 bits per heavy atom. The largest absolute Gasteiger partial charge is 0.384 e. The van der Waals surface area contributed by atoms with E-state index in [1.807, 2.05) is 18.2 Å². The van der Waals surface area contributed by atoms with E-state index in [2.05, 4.69) is 25.0 Å². The number of sulfonamides is 1. The van der Waals surface area contributed by atoms with Crippen molar-refractivity contribution in [2.75, 3.05) is 24.4 Å². The molecule has 33 heavy (non-hydrogen) atoms. The molecule has 10 heteroatoms. The topological polar surface area (TPSA) is 111 Å². The molecule has 0 unspecified atom stereocenters. The molecular formula is C23H31FN6O2S. The number of aromatic nitrogens is 1. The summed E-state index contributed by atoms with van der Waals surface area (Å²) in [6, 6.07) is 10.5. The maximum absolute atomic E-state index is 13.7. The van der Waals surface area contributed by atoms with Gasteiger partial charge in [-0.2, -0.15) is 5.11 Å². The van der Waals surface area contributed by atoms with Crippen LogP contribution in [0, 0.1) is 11.3 Å². The normalized spacial score (nSPS) is 16.1. The van der Waals surface area contributed by atoms with Crippen molar-refractivity contribution in [2.24, 2.45) is 5.11 Å². The molecule has 2 heterocycles. The molecule has 178 valence electrons. The predicted octanol–water partition coefficient (Wildman–Crippen LogP) is 4.21. The number of halogens is 1. The van der Waals surface area contributed by atoms with Gasteiger partial charge in [-0.15, -0.1) is 0 Å². The summed E-state index contributed by atoms with van der Waals surface area (Å²) >= 11 is 0. The third-order valence-electron chi connectivity index (χ3n) is 5.73. The molecule has 8 nitrogen and oxygen atoms in total. The van der Waals surface area contributed by atoms with E-state index in [0.29, 0.717) is 29.5 Å². The summed E-state index contributed by atoms with van der Waals surface area (Å²) in [5, 5.41) is 6.10. The van der Waals surface area contributed by atoms with Crippen molar-refractivity contribution in [3.05, 3.63) is 71.6 Å². The van der Waals surface area contributed by atoms with E-state index in [1.54, 1.807) is 38.4 Å². The van der Waals surface area contributed by atoms with Crippen molar-refractivity contribution in [3.63, 3.8) is 0 Å². The van der Waals surface area contributed by atoms with Gasteiger partial charge in [0.25, 0.3) is 0 Å². The van der Waals surface area contributed by atoms with Crippen LogP contribution in [0.1, 0.15) is 43.9 Å². The molecule has 0 spiro atoms. The van der Waals surface area contributed by atoms with Crippen molar-refractivity contribution in [2.45, 2.75) is 44.4 Å². The van der Waals surface area contributed by atoms with Gasteiger partial charge in [0, 0.05) is 24.6 Å². The second-order valence-corrected chi connectivity index (χ2v) is 10.7. The Morgan fingerprint density at radius 1 is 1.30 bits per heavy atom. The van der Waals surface area contributed by atoms with Gasteiger partial charge < -0.3 is 5.32 Å². The maximum atomic E-state index is 13.7. The lowest BCUT2D eigenvalue weighted by molar-refractivity contribution is 0.227. The van der Waals surface area contributed by atoms with Gasteiger partial charge in [-0.25, -0.2) is 18.3 Å². The number of nitrogens with zero attached hydrogens (tertiary/aromatic N) is 3.